The molecule has 19 heavy (non-hydrogen) atoms. The van der Waals surface area contributed by atoms with Crippen LogP contribution in [0.5, 0.6) is 0 Å². The Bertz CT molecular complexity index is 422. The number of hydrogen-bond donors (Lipinski definition) is 2. The van der Waals surface area contributed by atoms with Crippen LogP contribution in [0.25, 0.3) is 0 Å². The molecular formula is C14H22N2O3. The van der Waals surface area contributed by atoms with Gasteiger partial charge >= 0.3 is 5.97 Å². The van der Waals surface area contributed by atoms with Crippen molar-refractivity contribution in [1.82, 2.24) is 10.2 Å². The van der Waals surface area contributed by atoms with E-state index in [1.165, 1.54) is 18.9 Å². The molecule has 2 rings (SSSR count). The van der Waals surface area contributed by atoms with Gasteiger partial charge in [0.1, 0.15) is 5.76 Å². The highest BCUT2D eigenvalue weighted by Gasteiger charge is 2.19. The van der Waals surface area contributed by atoms with E-state index in [-0.39, 0.29) is 11.8 Å². The summed E-state index contributed by atoms with van der Waals surface area (Å²) in [5.74, 6) is 0.370. The molecule has 0 saturated carbocycles. The number of carboxylic acid groups (broad SMARTS) is 1. The highest BCUT2D eigenvalue weighted by atomic mass is 16.4. The molecule has 0 aliphatic carbocycles. The van der Waals surface area contributed by atoms with Gasteiger partial charge < -0.3 is 19.7 Å². The van der Waals surface area contributed by atoms with Gasteiger partial charge in [-0.1, -0.05) is 0 Å². The highest BCUT2D eigenvalue weighted by Crippen LogP contribution is 2.19. The highest BCUT2D eigenvalue weighted by molar-refractivity contribution is 5.84. The Hall–Kier alpha value is -1.33. The van der Waals surface area contributed by atoms with E-state index in [9.17, 15) is 4.79 Å². The SMILES string of the molecule is CC(NCC1CCN(C)CC1)c1ccc(C(=O)O)o1. The second-order valence-electron chi connectivity index (χ2n) is 5.38. The first-order valence-electron chi connectivity index (χ1n) is 6.81. The maximum atomic E-state index is 10.8. The molecule has 5 heteroatoms. The van der Waals surface area contributed by atoms with Crippen molar-refractivity contribution < 1.29 is 14.3 Å². The smallest absolute Gasteiger partial charge is 0.371 e. The maximum absolute atomic E-state index is 10.8. The molecule has 0 amide bonds. The fourth-order valence-corrected chi connectivity index (χ4v) is 2.41. The van der Waals surface area contributed by atoms with Crippen LogP contribution in [0.2, 0.25) is 0 Å². The molecule has 0 bridgehead atoms. The van der Waals surface area contributed by atoms with E-state index in [4.69, 9.17) is 9.52 Å². The summed E-state index contributed by atoms with van der Waals surface area (Å²) in [4.78, 5) is 13.1. The second kappa shape index (κ2) is 6.21. The molecule has 1 saturated heterocycles. The molecule has 0 radical (unpaired) electrons. The number of piperidine rings is 1. The van der Waals surface area contributed by atoms with Crippen LogP contribution in [-0.4, -0.2) is 42.7 Å². The fourth-order valence-electron chi connectivity index (χ4n) is 2.41. The van der Waals surface area contributed by atoms with Crippen LogP contribution >= 0.6 is 0 Å². The van der Waals surface area contributed by atoms with Crippen molar-refractivity contribution >= 4 is 5.97 Å². The van der Waals surface area contributed by atoms with Crippen LogP contribution in [0, 0.1) is 5.92 Å². The fraction of sp³-hybridized carbons (Fsp3) is 0.643. The average Bonchev–Trinajstić information content (AvgIpc) is 2.87. The third-order valence-electron chi connectivity index (χ3n) is 3.82. The molecule has 1 aliphatic heterocycles. The van der Waals surface area contributed by atoms with Crippen molar-refractivity contribution in [2.24, 2.45) is 5.92 Å². The number of carbonyl (C=O) groups is 1. The van der Waals surface area contributed by atoms with Crippen LogP contribution in [0.1, 0.15) is 42.1 Å². The largest absolute Gasteiger partial charge is 0.475 e. The van der Waals surface area contributed by atoms with Crippen molar-refractivity contribution in [3.63, 3.8) is 0 Å². The van der Waals surface area contributed by atoms with Crippen molar-refractivity contribution in [2.45, 2.75) is 25.8 Å². The first-order chi connectivity index (χ1) is 9.06. The predicted octanol–water partition coefficient (Wildman–Crippen LogP) is 1.97. The van der Waals surface area contributed by atoms with E-state index in [0.717, 1.165) is 19.6 Å². The number of likely N-dealkylation sites (tertiary alicyclic amines) is 1. The van der Waals surface area contributed by atoms with Crippen molar-refractivity contribution in [2.75, 3.05) is 26.7 Å². The van der Waals surface area contributed by atoms with E-state index in [1.54, 1.807) is 6.07 Å². The van der Waals surface area contributed by atoms with E-state index in [0.29, 0.717) is 11.7 Å². The van der Waals surface area contributed by atoms with Gasteiger partial charge in [-0.15, -0.1) is 0 Å². The molecule has 106 valence electrons. The molecule has 1 aromatic heterocycles. The predicted molar refractivity (Wildman–Crippen MR) is 72.3 cm³/mol. The molecule has 1 atom stereocenters. The number of hydrogen-bond acceptors (Lipinski definition) is 4. The summed E-state index contributed by atoms with van der Waals surface area (Å²) in [6.45, 7) is 5.27. The minimum absolute atomic E-state index is 0.00272. The number of nitrogens with zero attached hydrogens (tertiary/aromatic N) is 1. The lowest BCUT2D eigenvalue weighted by Crippen LogP contribution is -2.35. The van der Waals surface area contributed by atoms with Crippen LogP contribution in [0.15, 0.2) is 16.5 Å². The number of rotatable bonds is 5. The summed E-state index contributed by atoms with van der Waals surface area (Å²) in [5.41, 5.74) is 0. The van der Waals surface area contributed by atoms with Crippen LogP contribution in [-0.2, 0) is 0 Å². The van der Waals surface area contributed by atoms with Crippen molar-refractivity contribution in [3.05, 3.63) is 23.7 Å². The molecule has 1 aliphatic rings. The molecule has 5 nitrogen and oxygen atoms in total. The minimum Gasteiger partial charge on any atom is -0.475 e. The zero-order chi connectivity index (χ0) is 13.8. The lowest BCUT2D eigenvalue weighted by Gasteiger charge is -2.29. The van der Waals surface area contributed by atoms with Gasteiger partial charge in [-0.2, -0.15) is 0 Å². The third-order valence-corrected chi connectivity index (χ3v) is 3.82. The van der Waals surface area contributed by atoms with E-state index in [2.05, 4.69) is 17.3 Å². The maximum Gasteiger partial charge on any atom is 0.371 e. The van der Waals surface area contributed by atoms with Gasteiger partial charge in [-0.25, -0.2) is 4.79 Å². The zero-order valence-electron chi connectivity index (χ0n) is 11.6. The first kappa shape index (κ1) is 14.1. The number of nitrogens with one attached hydrogen (secondary N) is 1. The average molecular weight is 266 g/mol. The Balaban J connectivity index is 1.80. The summed E-state index contributed by atoms with van der Waals surface area (Å²) in [7, 11) is 2.16. The van der Waals surface area contributed by atoms with Crippen LogP contribution < -0.4 is 5.32 Å². The Morgan fingerprint density at radius 2 is 2.21 bits per heavy atom. The second-order valence-corrected chi connectivity index (χ2v) is 5.38. The van der Waals surface area contributed by atoms with Gasteiger partial charge in [0.05, 0.1) is 6.04 Å². The molecule has 0 aromatic carbocycles. The summed E-state index contributed by atoms with van der Waals surface area (Å²) in [6.07, 6.45) is 2.43. The van der Waals surface area contributed by atoms with Crippen LogP contribution in [0.3, 0.4) is 0 Å². The number of aromatic carboxylic acids is 1. The van der Waals surface area contributed by atoms with Crippen molar-refractivity contribution in [1.29, 1.82) is 0 Å². The monoisotopic (exact) mass is 266 g/mol. The summed E-state index contributed by atoms with van der Waals surface area (Å²) < 4.78 is 5.29. The number of carboxylic acids is 1. The quantitative estimate of drug-likeness (QED) is 0.853. The van der Waals surface area contributed by atoms with E-state index < -0.39 is 5.97 Å². The number of furan rings is 1. The third kappa shape index (κ3) is 3.81. The van der Waals surface area contributed by atoms with Gasteiger partial charge in [-0.05, 0) is 64.5 Å². The van der Waals surface area contributed by atoms with Gasteiger partial charge in [0.25, 0.3) is 0 Å². The normalized spacial score (nSPS) is 19.5. The Morgan fingerprint density at radius 1 is 1.53 bits per heavy atom. The standard InChI is InChI=1S/C14H22N2O3/c1-10(12-3-4-13(19-12)14(17)18)15-9-11-5-7-16(2)8-6-11/h3-4,10-11,15H,5-9H2,1-2H3,(H,17,18). The Labute approximate surface area is 113 Å². The Morgan fingerprint density at radius 3 is 2.79 bits per heavy atom. The minimum atomic E-state index is -1.02. The Kier molecular flexibility index (Phi) is 4.61. The van der Waals surface area contributed by atoms with Gasteiger partial charge in [0.15, 0.2) is 0 Å². The summed E-state index contributed by atoms with van der Waals surface area (Å²) >= 11 is 0. The van der Waals surface area contributed by atoms with Crippen molar-refractivity contribution in [3.8, 4) is 0 Å². The lowest BCUT2D eigenvalue weighted by molar-refractivity contribution is 0.0659. The van der Waals surface area contributed by atoms with Gasteiger partial charge in [-0.3, -0.25) is 0 Å². The topological polar surface area (TPSA) is 65.7 Å². The molecule has 2 N–H and O–H groups in total. The molecule has 2 heterocycles. The van der Waals surface area contributed by atoms with Gasteiger partial charge in [0.2, 0.25) is 5.76 Å². The summed E-state index contributed by atoms with van der Waals surface area (Å²) in [5, 5.41) is 12.3. The van der Waals surface area contributed by atoms with E-state index >= 15 is 0 Å². The molecule has 1 unspecified atom stereocenters. The molecule has 1 aromatic rings. The summed E-state index contributed by atoms with van der Waals surface area (Å²) in [6, 6.07) is 3.29. The zero-order valence-corrected chi connectivity index (χ0v) is 11.6. The van der Waals surface area contributed by atoms with Crippen LogP contribution in [0.4, 0.5) is 0 Å². The first-order valence-corrected chi connectivity index (χ1v) is 6.81. The molecule has 0 spiro atoms. The van der Waals surface area contributed by atoms with E-state index in [1.807, 2.05) is 6.92 Å². The molecule has 1 fully saturated rings. The van der Waals surface area contributed by atoms with Gasteiger partial charge in [0, 0.05) is 0 Å². The lowest BCUT2D eigenvalue weighted by atomic mass is 9.97. The molecular weight excluding hydrogens is 244 g/mol.